The van der Waals surface area contributed by atoms with Crippen molar-refractivity contribution in [1.82, 2.24) is 5.48 Å². The minimum absolute atomic E-state index is 0.0155. The number of phenolic OH excluding ortho intramolecular Hbond substituents is 1. The Labute approximate surface area is 191 Å². The Bertz CT molecular complexity index is 903. The third-order valence-electron chi connectivity index (χ3n) is 4.31. The third-order valence-corrected chi connectivity index (χ3v) is 5.33. The molecule has 0 saturated carbocycles. The number of carbonyl (C=O) groups excluding carboxylic acids is 2. The smallest absolute Gasteiger partial charge is 0.412 e. The molecule has 0 aliphatic rings. The van der Waals surface area contributed by atoms with Gasteiger partial charge < -0.3 is 9.84 Å². The van der Waals surface area contributed by atoms with E-state index in [1.165, 1.54) is 17.6 Å². The molecule has 0 spiro atoms. The predicted molar refractivity (Wildman–Crippen MR) is 120 cm³/mol. The summed E-state index contributed by atoms with van der Waals surface area (Å²) in [5.41, 5.74) is 2.57. The molecule has 0 aliphatic heterocycles. The normalized spacial score (nSPS) is 12.9. The van der Waals surface area contributed by atoms with Crippen molar-refractivity contribution in [1.29, 1.82) is 0 Å². The van der Waals surface area contributed by atoms with Crippen molar-refractivity contribution in [2.45, 2.75) is 25.9 Å². The van der Waals surface area contributed by atoms with E-state index in [0.717, 1.165) is 8.95 Å². The SMILES string of the molecule is C[C@H](CC/C=C/C(=O)NO)[C@H](OC(=O)Nc1ccc(Br)cc1)c1cc(Br)ccc1O. The van der Waals surface area contributed by atoms with Crippen LogP contribution in [0.1, 0.15) is 31.4 Å². The van der Waals surface area contributed by atoms with Crippen LogP contribution in [0.15, 0.2) is 63.6 Å². The Morgan fingerprint density at radius 3 is 2.47 bits per heavy atom. The molecule has 0 aliphatic carbocycles. The van der Waals surface area contributed by atoms with Gasteiger partial charge in [-0.1, -0.05) is 44.9 Å². The summed E-state index contributed by atoms with van der Waals surface area (Å²) in [6.07, 6.45) is 2.54. The van der Waals surface area contributed by atoms with Gasteiger partial charge in [0.1, 0.15) is 11.9 Å². The highest BCUT2D eigenvalue weighted by Gasteiger charge is 2.26. The summed E-state index contributed by atoms with van der Waals surface area (Å²) in [5, 5.41) is 21.5. The van der Waals surface area contributed by atoms with Crippen LogP contribution in [0.2, 0.25) is 0 Å². The molecule has 30 heavy (non-hydrogen) atoms. The largest absolute Gasteiger partial charge is 0.508 e. The van der Waals surface area contributed by atoms with Gasteiger partial charge in [-0.25, -0.2) is 10.3 Å². The number of hydrogen-bond donors (Lipinski definition) is 4. The van der Waals surface area contributed by atoms with E-state index in [4.69, 9.17) is 9.94 Å². The van der Waals surface area contributed by atoms with E-state index in [9.17, 15) is 14.7 Å². The van der Waals surface area contributed by atoms with Crippen molar-refractivity contribution in [3.63, 3.8) is 0 Å². The van der Waals surface area contributed by atoms with Crippen molar-refractivity contribution in [3.05, 3.63) is 69.1 Å². The van der Waals surface area contributed by atoms with Crippen molar-refractivity contribution in [3.8, 4) is 5.75 Å². The summed E-state index contributed by atoms with van der Waals surface area (Å²) in [6.45, 7) is 1.89. The summed E-state index contributed by atoms with van der Waals surface area (Å²) in [5.74, 6) is -0.779. The Kier molecular flexibility index (Phi) is 9.35. The monoisotopic (exact) mass is 540 g/mol. The van der Waals surface area contributed by atoms with Crippen LogP contribution in [-0.2, 0) is 9.53 Å². The Hall–Kier alpha value is -2.36. The molecule has 2 amide bonds. The number of allylic oxidation sites excluding steroid dienone is 1. The van der Waals surface area contributed by atoms with Gasteiger partial charge >= 0.3 is 6.09 Å². The number of aromatic hydroxyl groups is 1. The first-order valence-electron chi connectivity index (χ1n) is 9.12. The second-order valence-electron chi connectivity index (χ2n) is 6.59. The zero-order chi connectivity index (χ0) is 22.1. The van der Waals surface area contributed by atoms with E-state index in [2.05, 4.69) is 37.2 Å². The Morgan fingerprint density at radius 2 is 1.80 bits per heavy atom. The number of ether oxygens (including phenoxy) is 1. The maximum atomic E-state index is 12.5. The number of carbonyl (C=O) groups is 2. The van der Waals surface area contributed by atoms with Gasteiger partial charge in [-0.3, -0.25) is 15.3 Å². The van der Waals surface area contributed by atoms with Crippen molar-refractivity contribution < 1.29 is 24.6 Å². The summed E-state index contributed by atoms with van der Waals surface area (Å²) in [4.78, 5) is 23.6. The molecular formula is C21H22Br2N2O5. The first-order chi connectivity index (χ1) is 14.3. The molecule has 0 aromatic heterocycles. The minimum Gasteiger partial charge on any atom is -0.508 e. The van der Waals surface area contributed by atoms with E-state index in [1.54, 1.807) is 42.5 Å². The molecule has 2 rings (SSSR count). The van der Waals surface area contributed by atoms with Gasteiger partial charge in [-0.15, -0.1) is 0 Å². The summed E-state index contributed by atoms with van der Waals surface area (Å²) in [7, 11) is 0. The Balaban J connectivity index is 2.15. The highest BCUT2D eigenvalue weighted by atomic mass is 79.9. The van der Waals surface area contributed by atoms with Crippen molar-refractivity contribution >= 4 is 49.5 Å². The lowest BCUT2D eigenvalue weighted by Crippen LogP contribution is -2.22. The number of halogens is 2. The maximum absolute atomic E-state index is 12.5. The second kappa shape index (κ2) is 11.7. The fourth-order valence-corrected chi connectivity index (χ4v) is 3.42. The summed E-state index contributed by atoms with van der Waals surface area (Å²) >= 11 is 6.72. The molecule has 4 N–H and O–H groups in total. The summed E-state index contributed by atoms with van der Waals surface area (Å²) < 4.78 is 7.31. The van der Waals surface area contributed by atoms with E-state index in [1.807, 2.05) is 6.92 Å². The number of rotatable bonds is 8. The number of anilines is 1. The standard InChI is InChI=1S/C21H22Br2N2O5/c1-13(4-2-3-5-19(27)25-29)20(17-12-15(23)8-11-18(17)26)30-21(28)24-16-9-6-14(22)7-10-16/h3,5-13,20,26,29H,2,4H2,1H3,(H,24,28)(H,25,27)/b5-3+/t13-,20+/m1/s1. The average Bonchev–Trinajstić information content (AvgIpc) is 2.72. The number of amides is 2. The van der Waals surface area contributed by atoms with Gasteiger partial charge in [0.05, 0.1) is 0 Å². The van der Waals surface area contributed by atoms with Crippen LogP contribution in [0.4, 0.5) is 10.5 Å². The molecule has 9 heteroatoms. The van der Waals surface area contributed by atoms with Gasteiger partial charge in [0.15, 0.2) is 0 Å². The van der Waals surface area contributed by atoms with Crippen LogP contribution in [0.25, 0.3) is 0 Å². The lowest BCUT2D eigenvalue weighted by atomic mass is 9.92. The zero-order valence-electron chi connectivity index (χ0n) is 16.1. The molecule has 0 saturated heterocycles. The molecule has 0 fully saturated rings. The van der Waals surface area contributed by atoms with Gasteiger partial charge in [-0.2, -0.15) is 0 Å². The van der Waals surface area contributed by atoms with Gasteiger partial charge in [0.2, 0.25) is 0 Å². The number of nitrogens with one attached hydrogen (secondary N) is 2. The topological polar surface area (TPSA) is 108 Å². The molecule has 160 valence electrons. The Morgan fingerprint density at radius 1 is 1.13 bits per heavy atom. The van der Waals surface area contributed by atoms with Crippen LogP contribution in [0.5, 0.6) is 5.75 Å². The molecule has 0 unspecified atom stereocenters. The second-order valence-corrected chi connectivity index (χ2v) is 8.43. The van der Waals surface area contributed by atoms with E-state index in [0.29, 0.717) is 24.1 Å². The fourth-order valence-electron chi connectivity index (χ4n) is 2.77. The first kappa shape index (κ1) is 23.9. The number of benzene rings is 2. The van der Waals surface area contributed by atoms with Crippen LogP contribution < -0.4 is 10.8 Å². The highest BCUT2D eigenvalue weighted by molar-refractivity contribution is 9.10. The van der Waals surface area contributed by atoms with Gasteiger partial charge in [0.25, 0.3) is 5.91 Å². The molecule has 0 bridgehead atoms. The maximum Gasteiger partial charge on any atom is 0.412 e. The molecular weight excluding hydrogens is 520 g/mol. The number of hydroxylamine groups is 1. The van der Waals surface area contributed by atoms with Crippen LogP contribution in [0, 0.1) is 5.92 Å². The number of hydrogen-bond acceptors (Lipinski definition) is 5. The highest BCUT2D eigenvalue weighted by Crippen LogP contribution is 2.36. The number of phenols is 1. The lowest BCUT2D eigenvalue weighted by Gasteiger charge is -2.25. The van der Waals surface area contributed by atoms with Gasteiger partial charge in [-0.05, 0) is 61.2 Å². The van der Waals surface area contributed by atoms with Crippen LogP contribution >= 0.6 is 31.9 Å². The quantitative estimate of drug-likeness (QED) is 0.195. The first-order valence-corrected chi connectivity index (χ1v) is 10.7. The van der Waals surface area contributed by atoms with Crippen molar-refractivity contribution in [2.24, 2.45) is 5.92 Å². The zero-order valence-corrected chi connectivity index (χ0v) is 19.3. The lowest BCUT2D eigenvalue weighted by molar-refractivity contribution is -0.124. The fraction of sp³-hybridized carbons (Fsp3) is 0.238. The van der Waals surface area contributed by atoms with Crippen molar-refractivity contribution in [2.75, 3.05) is 5.32 Å². The predicted octanol–water partition coefficient (Wildman–Crippen LogP) is 5.68. The third kappa shape index (κ3) is 7.47. The van der Waals surface area contributed by atoms with E-state index >= 15 is 0 Å². The van der Waals surface area contributed by atoms with E-state index in [-0.39, 0.29) is 11.7 Å². The molecule has 0 heterocycles. The van der Waals surface area contributed by atoms with Crippen LogP contribution in [-0.4, -0.2) is 22.3 Å². The molecule has 2 aromatic carbocycles. The van der Waals surface area contributed by atoms with E-state index < -0.39 is 18.1 Å². The molecule has 2 atom stereocenters. The minimum atomic E-state index is -0.724. The average molecular weight is 542 g/mol. The molecule has 7 nitrogen and oxygen atoms in total. The molecule has 0 radical (unpaired) electrons. The van der Waals surface area contributed by atoms with Crippen LogP contribution in [0.3, 0.4) is 0 Å². The molecule has 2 aromatic rings. The summed E-state index contributed by atoms with van der Waals surface area (Å²) in [6, 6.07) is 12.0. The van der Waals surface area contributed by atoms with Gasteiger partial charge in [0, 0.05) is 26.3 Å².